The SMILES string of the molecule is Cc1ccc2c(c1)[nH]c(=S)n2-c1ccc(F)c(C)c1. The summed E-state index contributed by atoms with van der Waals surface area (Å²) in [5, 5.41) is 0. The summed E-state index contributed by atoms with van der Waals surface area (Å²) in [6.45, 7) is 3.79. The number of nitrogens with one attached hydrogen (secondary N) is 1. The van der Waals surface area contributed by atoms with Crippen LogP contribution in [0.25, 0.3) is 16.7 Å². The number of aromatic amines is 1. The zero-order valence-electron chi connectivity index (χ0n) is 10.7. The maximum atomic E-state index is 13.4. The predicted molar refractivity (Wildman–Crippen MR) is 77.9 cm³/mol. The van der Waals surface area contributed by atoms with E-state index < -0.39 is 0 Å². The third-order valence-electron chi connectivity index (χ3n) is 3.24. The molecule has 0 aliphatic rings. The molecule has 0 atom stereocenters. The third-order valence-corrected chi connectivity index (χ3v) is 3.52. The maximum absolute atomic E-state index is 13.4. The quantitative estimate of drug-likeness (QED) is 0.649. The predicted octanol–water partition coefficient (Wildman–Crippen LogP) is 4.44. The minimum Gasteiger partial charge on any atom is -0.330 e. The summed E-state index contributed by atoms with van der Waals surface area (Å²) >= 11 is 5.37. The number of hydrogen-bond donors (Lipinski definition) is 1. The first-order chi connectivity index (χ1) is 9.06. The molecule has 3 aromatic rings. The topological polar surface area (TPSA) is 20.7 Å². The molecule has 0 aliphatic heterocycles. The number of imidazole rings is 1. The lowest BCUT2D eigenvalue weighted by molar-refractivity contribution is 0.618. The summed E-state index contributed by atoms with van der Waals surface area (Å²) < 4.78 is 15.9. The zero-order chi connectivity index (χ0) is 13.6. The van der Waals surface area contributed by atoms with Crippen molar-refractivity contribution in [3.63, 3.8) is 0 Å². The second kappa shape index (κ2) is 4.31. The summed E-state index contributed by atoms with van der Waals surface area (Å²) in [6, 6.07) is 11.1. The van der Waals surface area contributed by atoms with E-state index >= 15 is 0 Å². The molecule has 0 fully saturated rings. The molecule has 0 bridgehead atoms. The van der Waals surface area contributed by atoms with Crippen LogP contribution in [0.2, 0.25) is 0 Å². The molecule has 0 spiro atoms. The lowest BCUT2D eigenvalue weighted by Gasteiger charge is -2.06. The Labute approximate surface area is 115 Å². The fourth-order valence-electron chi connectivity index (χ4n) is 2.25. The van der Waals surface area contributed by atoms with E-state index in [9.17, 15) is 4.39 Å². The van der Waals surface area contributed by atoms with Crippen LogP contribution in [0.15, 0.2) is 36.4 Å². The van der Waals surface area contributed by atoms with Gasteiger partial charge in [0, 0.05) is 5.69 Å². The van der Waals surface area contributed by atoms with Gasteiger partial charge in [-0.1, -0.05) is 6.07 Å². The number of aryl methyl sites for hydroxylation is 2. The third kappa shape index (κ3) is 1.98. The first-order valence-electron chi connectivity index (χ1n) is 6.04. The fraction of sp³-hybridized carbons (Fsp3) is 0.133. The van der Waals surface area contributed by atoms with Crippen molar-refractivity contribution in [3.8, 4) is 5.69 Å². The van der Waals surface area contributed by atoms with Crippen molar-refractivity contribution in [3.05, 3.63) is 58.1 Å². The summed E-state index contributed by atoms with van der Waals surface area (Å²) in [6.07, 6.45) is 0. The summed E-state index contributed by atoms with van der Waals surface area (Å²) in [5.74, 6) is -0.203. The molecule has 0 saturated carbocycles. The molecule has 0 unspecified atom stereocenters. The highest BCUT2D eigenvalue weighted by Gasteiger charge is 2.08. The number of hydrogen-bond acceptors (Lipinski definition) is 1. The van der Waals surface area contributed by atoms with Gasteiger partial charge in [-0.2, -0.15) is 0 Å². The van der Waals surface area contributed by atoms with Crippen molar-refractivity contribution in [2.75, 3.05) is 0 Å². The lowest BCUT2D eigenvalue weighted by Crippen LogP contribution is -1.95. The number of fused-ring (bicyclic) bond motifs is 1. The van der Waals surface area contributed by atoms with Crippen molar-refractivity contribution in [2.45, 2.75) is 13.8 Å². The van der Waals surface area contributed by atoms with Crippen LogP contribution in [0.4, 0.5) is 4.39 Å². The first kappa shape index (κ1) is 12.1. The van der Waals surface area contributed by atoms with Gasteiger partial charge in [-0.3, -0.25) is 4.57 Å². The van der Waals surface area contributed by atoms with E-state index in [1.807, 2.05) is 23.6 Å². The Kier molecular flexibility index (Phi) is 2.75. The van der Waals surface area contributed by atoms with Gasteiger partial charge in [-0.05, 0) is 67.5 Å². The van der Waals surface area contributed by atoms with Crippen LogP contribution in [0, 0.1) is 24.4 Å². The molecular weight excluding hydrogens is 259 g/mol. The molecule has 0 amide bonds. The number of halogens is 1. The van der Waals surface area contributed by atoms with Crippen LogP contribution in [0.5, 0.6) is 0 Å². The Hall–Kier alpha value is -1.94. The molecule has 0 radical (unpaired) electrons. The summed E-state index contributed by atoms with van der Waals surface area (Å²) in [7, 11) is 0. The van der Waals surface area contributed by atoms with E-state index in [1.165, 1.54) is 11.6 Å². The van der Waals surface area contributed by atoms with Gasteiger partial charge in [0.25, 0.3) is 0 Å². The van der Waals surface area contributed by atoms with E-state index in [-0.39, 0.29) is 5.82 Å². The van der Waals surface area contributed by atoms with Crippen LogP contribution >= 0.6 is 12.2 Å². The largest absolute Gasteiger partial charge is 0.330 e. The normalized spacial score (nSPS) is 11.1. The van der Waals surface area contributed by atoms with Gasteiger partial charge >= 0.3 is 0 Å². The molecule has 1 heterocycles. The lowest BCUT2D eigenvalue weighted by atomic mass is 10.2. The average Bonchev–Trinajstić information content (AvgIpc) is 2.68. The smallest absolute Gasteiger partial charge is 0.182 e. The van der Waals surface area contributed by atoms with Gasteiger partial charge in [-0.15, -0.1) is 0 Å². The van der Waals surface area contributed by atoms with E-state index in [0.717, 1.165) is 16.7 Å². The molecule has 4 heteroatoms. The number of benzene rings is 2. The Morgan fingerprint density at radius 1 is 1.11 bits per heavy atom. The highest BCUT2D eigenvalue weighted by Crippen LogP contribution is 2.22. The van der Waals surface area contributed by atoms with Crippen molar-refractivity contribution in [1.29, 1.82) is 0 Å². The van der Waals surface area contributed by atoms with E-state index in [1.54, 1.807) is 19.1 Å². The average molecular weight is 272 g/mol. The fourth-order valence-corrected chi connectivity index (χ4v) is 2.56. The van der Waals surface area contributed by atoms with Crippen molar-refractivity contribution in [1.82, 2.24) is 9.55 Å². The molecule has 2 nitrogen and oxygen atoms in total. The standard InChI is InChI=1S/C15H13FN2S/c1-9-3-6-14-13(7-9)17-15(19)18(14)11-4-5-12(16)10(2)8-11/h3-8H,1-2H3,(H,17,19). The highest BCUT2D eigenvalue weighted by atomic mass is 32.1. The Morgan fingerprint density at radius 2 is 1.89 bits per heavy atom. The Morgan fingerprint density at radius 3 is 2.63 bits per heavy atom. The van der Waals surface area contributed by atoms with E-state index in [4.69, 9.17) is 12.2 Å². The first-order valence-corrected chi connectivity index (χ1v) is 6.45. The molecule has 3 rings (SSSR count). The van der Waals surface area contributed by atoms with Crippen LogP contribution in [-0.4, -0.2) is 9.55 Å². The van der Waals surface area contributed by atoms with Crippen LogP contribution < -0.4 is 0 Å². The van der Waals surface area contributed by atoms with Gasteiger partial charge in [0.15, 0.2) is 4.77 Å². The molecular formula is C15H13FN2S. The number of rotatable bonds is 1. The van der Waals surface area contributed by atoms with Gasteiger partial charge in [0.05, 0.1) is 11.0 Å². The maximum Gasteiger partial charge on any atom is 0.182 e. The second-order valence-electron chi connectivity index (χ2n) is 4.72. The molecule has 2 aromatic carbocycles. The monoisotopic (exact) mass is 272 g/mol. The summed E-state index contributed by atoms with van der Waals surface area (Å²) in [4.78, 5) is 3.18. The summed E-state index contributed by atoms with van der Waals surface area (Å²) in [5.41, 5.74) is 4.65. The Balaban J connectivity index is 2.32. The van der Waals surface area contributed by atoms with Crippen molar-refractivity contribution in [2.24, 2.45) is 0 Å². The molecule has 0 saturated heterocycles. The van der Waals surface area contributed by atoms with E-state index in [0.29, 0.717) is 10.3 Å². The van der Waals surface area contributed by atoms with E-state index in [2.05, 4.69) is 11.1 Å². The van der Waals surface area contributed by atoms with Gasteiger partial charge in [0.2, 0.25) is 0 Å². The Bertz CT molecular complexity index is 830. The molecule has 1 aromatic heterocycles. The minimum atomic E-state index is -0.203. The minimum absolute atomic E-state index is 0.203. The van der Waals surface area contributed by atoms with Crippen LogP contribution in [-0.2, 0) is 0 Å². The van der Waals surface area contributed by atoms with Crippen molar-refractivity contribution < 1.29 is 4.39 Å². The number of nitrogens with zero attached hydrogens (tertiary/aromatic N) is 1. The van der Waals surface area contributed by atoms with Crippen LogP contribution in [0.3, 0.4) is 0 Å². The van der Waals surface area contributed by atoms with Crippen LogP contribution in [0.1, 0.15) is 11.1 Å². The van der Waals surface area contributed by atoms with Gasteiger partial charge < -0.3 is 4.98 Å². The second-order valence-corrected chi connectivity index (χ2v) is 5.11. The zero-order valence-corrected chi connectivity index (χ0v) is 11.5. The number of H-pyrrole nitrogens is 1. The highest BCUT2D eigenvalue weighted by molar-refractivity contribution is 7.71. The molecule has 1 N–H and O–H groups in total. The number of aromatic nitrogens is 2. The van der Waals surface area contributed by atoms with Gasteiger partial charge in [0.1, 0.15) is 5.82 Å². The molecule has 0 aliphatic carbocycles. The van der Waals surface area contributed by atoms with Crippen molar-refractivity contribution >= 4 is 23.3 Å². The molecule has 96 valence electrons. The molecule has 19 heavy (non-hydrogen) atoms. The van der Waals surface area contributed by atoms with Gasteiger partial charge in [-0.25, -0.2) is 4.39 Å².